The quantitative estimate of drug-likeness (QED) is 0.422. The van der Waals surface area contributed by atoms with E-state index in [9.17, 15) is 18.0 Å². The normalized spacial score (nSPS) is 15.5. The fraction of sp³-hybridized carbons (Fsp3) is 0.208. The van der Waals surface area contributed by atoms with E-state index in [2.05, 4.69) is 9.71 Å². The van der Waals surface area contributed by atoms with E-state index in [-0.39, 0.29) is 22.6 Å². The molecule has 5 rings (SSSR count). The van der Waals surface area contributed by atoms with Gasteiger partial charge in [0.1, 0.15) is 5.69 Å². The van der Waals surface area contributed by atoms with Crippen LogP contribution in [0.1, 0.15) is 41.2 Å². The molecule has 0 aliphatic carbocycles. The van der Waals surface area contributed by atoms with Crippen molar-refractivity contribution in [3.8, 4) is 0 Å². The first kappa shape index (κ1) is 22.3. The van der Waals surface area contributed by atoms with E-state index in [1.807, 2.05) is 18.5 Å². The molecule has 1 aliphatic rings. The number of amides is 1. The summed E-state index contributed by atoms with van der Waals surface area (Å²) in [5, 5.41) is 1.87. The molecule has 1 amide bonds. The van der Waals surface area contributed by atoms with Crippen molar-refractivity contribution in [3.05, 3.63) is 76.6 Å². The number of imidazole rings is 1. The average molecular weight is 495 g/mol. The molecule has 174 valence electrons. The highest BCUT2D eigenvalue weighted by atomic mass is 32.2. The van der Waals surface area contributed by atoms with Gasteiger partial charge in [-0.25, -0.2) is 13.4 Å². The Hall–Kier alpha value is -3.50. The van der Waals surface area contributed by atoms with Crippen LogP contribution in [0, 0.1) is 6.92 Å². The number of benzene rings is 2. The van der Waals surface area contributed by atoms with Crippen LogP contribution in [0.4, 0.5) is 11.4 Å². The zero-order valence-corrected chi connectivity index (χ0v) is 20.4. The number of hydrogen-bond donors (Lipinski definition) is 1. The molecular formula is C24H22N4O4S2. The van der Waals surface area contributed by atoms with Gasteiger partial charge in [-0.15, -0.1) is 11.3 Å². The van der Waals surface area contributed by atoms with E-state index in [1.165, 1.54) is 24.3 Å². The van der Waals surface area contributed by atoms with Gasteiger partial charge < -0.3 is 4.90 Å². The third-order valence-electron chi connectivity index (χ3n) is 5.97. The van der Waals surface area contributed by atoms with Crippen LogP contribution in [-0.4, -0.2) is 35.5 Å². The molecule has 3 heterocycles. The number of thiazole rings is 1. The number of nitrogens with one attached hydrogen (secondary N) is 1. The van der Waals surface area contributed by atoms with Gasteiger partial charge in [0.05, 0.1) is 10.6 Å². The molecule has 1 N–H and O–H groups in total. The van der Waals surface area contributed by atoms with Crippen molar-refractivity contribution in [3.63, 3.8) is 0 Å². The van der Waals surface area contributed by atoms with E-state index in [0.717, 1.165) is 16.2 Å². The number of aryl methyl sites for hydroxylation is 1. The van der Waals surface area contributed by atoms with Crippen LogP contribution in [0.15, 0.2) is 58.9 Å². The highest BCUT2D eigenvalue weighted by Crippen LogP contribution is 2.34. The van der Waals surface area contributed by atoms with Gasteiger partial charge in [-0.3, -0.25) is 18.7 Å². The van der Waals surface area contributed by atoms with Crippen molar-refractivity contribution in [2.75, 3.05) is 9.62 Å². The Bertz CT molecular complexity index is 1550. The smallest absolute Gasteiger partial charge is 0.261 e. The number of hydrogen-bond acceptors (Lipinski definition) is 6. The van der Waals surface area contributed by atoms with Crippen LogP contribution in [0.3, 0.4) is 0 Å². The zero-order valence-electron chi connectivity index (χ0n) is 18.8. The molecule has 1 aliphatic heterocycles. The molecule has 0 spiro atoms. The fourth-order valence-corrected chi connectivity index (χ4v) is 6.33. The number of sulfonamides is 1. The third-order valence-corrected chi connectivity index (χ3v) is 8.10. The third kappa shape index (κ3) is 3.68. The summed E-state index contributed by atoms with van der Waals surface area (Å²) in [7, 11) is -3.85. The van der Waals surface area contributed by atoms with E-state index in [0.29, 0.717) is 29.1 Å². The summed E-state index contributed by atoms with van der Waals surface area (Å²) in [4.78, 5) is 31.9. The molecule has 0 fully saturated rings. The van der Waals surface area contributed by atoms with Crippen LogP contribution < -0.4 is 9.62 Å². The van der Waals surface area contributed by atoms with E-state index in [4.69, 9.17) is 0 Å². The van der Waals surface area contributed by atoms with Crippen LogP contribution in [0.5, 0.6) is 0 Å². The molecule has 4 aromatic rings. The van der Waals surface area contributed by atoms with E-state index >= 15 is 0 Å². The lowest BCUT2D eigenvalue weighted by Crippen LogP contribution is -2.33. The van der Waals surface area contributed by atoms with Crippen LogP contribution in [0.2, 0.25) is 0 Å². The SMILES string of the molecule is CC(=O)N1c2ccc(S(=O)(=O)Nc3ccc(C(=O)c4c(C)nc5sccn45)cc3)cc2C[C@@H]1C. The number of rotatable bonds is 5. The number of carbonyl (C=O) groups excluding carboxylic acids is 2. The Morgan fingerprint density at radius 2 is 1.88 bits per heavy atom. The van der Waals surface area contributed by atoms with Gasteiger partial charge in [-0.05, 0) is 68.3 Å². The molecule has 0 unspecified atom stereocenters. The number of nitrogens with zero attached hydrogens (tertiary/aromatic N) is 3. The molecule has 10 heteroatoms. The minimum Gasteiger partial charge on any atom is -0.309 e. The summed E-state index contributed by atoms with van der Waals surface area (Å²) >= 11 is 1.45. The topological polar surface area (TPSA) is 101 Å². The second kappa shape index (κ2) is 8.07. The maximum atomic E-state index is 13.0. The van der Waals surface area contributed by atoms with Gasteiger partial charge in [0, 0.05) is 41.5 Å². The molecule has 2 aromatic heterocycles. The van der Waals surface area contributed by atoms with Gasteiger partial charge in [0.15, 0.2) is 4.96 Å². The molecule has 0 saturated carbocycles. The lowest BCUT2D eigenvalue weighted by atomic mass is 10.1. The summed E-state index contributed by atoms with van der Waals surface area (Å²) in [6.07, 6.45) is 2.41. The summed E-state index contributed by atoms with van der Waals surface area (Å²) in [6.45, 7) is 5.23. The van der Waals surface area contributed by atoms with E-state index < -0.39 is 10.0 Å². The number of aromatic nitrogens is 2. The first-order chi connectivity index (χ1) is 16.2. The standard InChI is InChI=1S/C24H22N4O4S2/c1-14-12-18-13-20(8-9-21(18)28(14)16(3)29)34(31,32)26-19-6-4-17(5-7-19)23(30)22-15(2)25-24-27(22)10-11-33-24/h4-11,13-14,26H,12H2,1-3H3/t14-/m0/s1. The van der Waals surface area contributed by atoms with Gasteiger partial charge in [-0.1, -0.05) is 0 Å². The number of fused-ring (bicyclic) bond motifs is 2. The molecule has 0 radical (unpaired) electrons. The predicted molar refractivity (Wildman–Crippen MR) is 131 cm³/mol. The van der Waals surface area contributed by atoms with E-state index in [1.54, 1.807) is 52.6 Å². The molecule has 2 aromatic carbocycles. The monoisotopic (exact) mass is 494 g/mol. The van der Waals surface area contributed by atoms with Crippen molar-refractivity contribution in [2.45, 2.75) is 38.1 Å². The zero-order chi connectivity index (χ0) is 24.2. The highest BCUT2D eigenvalue weighted by Gasteiger charge is 2.30. The molecule has 8 nitrogen and oxygen atoms in total. The predicted octanol–water partition coefficient (Wildman–Crippen LogP) is 4.03. The largest absolute Gasteiger partial charge is 0.309 e. The van der Waals surface area contributed by atoms with Crippen molar-refractivity contribution in [1.29, 1.82) is 0 Å². The first-order valence-electron chi connectivity index (χ1n) is 10.7. The first-order valence-corrected chi connectivity index (χ1v) is 13.0. The van der Waals surface area contributed by atoms with Gasteiger partial charge >= 0.3 is 0 Å². The second-order valence-corrected chi connectivity index (χ2v) is 10.9. The lowest BCUT2D eigenvalue weighted by Gasteiger charge is -2.20. The minimum absolute atomic E-state index is 0.0155. The average Bonchev–Trinajstić information content (AvgIpc) is 3.44. The summed E-state index contributed by atoms with van der Waals surface area (Å²) in [5.41, 5.74) is 3.50. The maximum absolute atomic E-state index is 13.0. The number of carbonyl (C=O) groups is 2. The molecule has 0 bridgehead atoms. The van der Waals surface area contributed by atoms with Gasteiger partial charge in [0.25, 0.3) is 10.0 Å². The fourth-order valence-electron chi connectivity index (χ4n) is 4.46. The maximum Gasteiger partial charge on any atom is 0.261 e. The summed E-state index contributed by atoms with van der Waals surface area (Å²) in [5.74, 6) is -0.249. The Morgan fingerprint density at radius 1 is 1.15 bits per heavy atom. The van der Waals surface area contributed by atoms with Crippen molar-refractivity contribution >= 4 is 49.4 Å². The molecule has 34 heavy (non-hydrogen) atoms. The van der Waals surface area contributed by atoms with Gasteiger partial charge in [-0.2, -0.15) is 0 Å². The molecular weight excluding hydrogens is 472 g/mol. The minimum atomic E-state index is -3.85. The Labute approximate surface area is 200 Å². The van der Waals surface area contributed by atoms with Crippen molar-refractivity contribution in [1.82, 2.24) is 9.38 Å². The second-order valence-electron chi connectivity index (χ2n) is 8.35. The highest BCUT2D eigenvalue weighted by molar-refractivity contribution is 7.92. The number of ketones is 1. The van der Waals surface area contributed by atoms with Crippen LogP contribution in [0.25, 0.3) is 4.96 Å². The summed E-state index contributed by atoms with van der Waals surface area (Å²) < 4.78 is 30.3. The molecule has 0 saturated heterocycles. The van der Waals surface area contributed by atoms with Gasteiger partial charge in [0.2, 0.25) is 11.7 Å². The van der Waals surface area contributed by atoms with Crippen LogP contribution in [-0.2, 0) is 21.2 Å². The van der Waals surface area contributed by atoms with Crippen molar-refractivity contribution in [2.24, 2.45) is 0 Å². The lowest BCUT2D eigenvalue weighted by molar-refractivity contribution is -0.116. The number of anilines is 2. The van der Waals surface area contributed by atoms with Crippen molar-refractivity contribution < 1.29 is 18.0 Å². The Balaban J connectivity index is 1.37. The Kier molecular flexibility index (Phi) is 5.29. The molecule has 1 atom stereocenters. The summed E-state index contributed by atoms with van der Waals surface area (Å²) in [6, 6.07) is 11.1. The van der Waals surface area contributed by atoms with Crippen LogP contribution >= 0.6 is 11.3 Å². The Morgan fingerprint density at radius 3 is 2.59 bits per heavy atom.